The Labute approximate surface area is 88.5 Å². The lowest BCUT2D eigenvalue weighted by atomic mass is 10.4. The molecule has 15 heavy (non-hydrogen) atoms. The fraction of sp³-hybridized carbons (Fsp3) is 0.375. The van der Waals surface area contributed by atoms with Crippen LogP contribution in [0.25, 0.3) is 0 Å². The molecule has 0 aliphatic carbocycles. The molecule has 1 aromatic heterocycles. The zero-order valence-corrected chi connectivity index (χ0v) is 8.87. The first-order valence-corrected chi connectivity index (χ1v) is 4.85. The average Bonchev–Trinajstić information content (AvgIpc) is 2.47. The van der Waals surface area contributed by atoms with Crippen LogP contribution in [0.2, 0.25) is 0 Å². The van der Waals surface area contributed by atoms with Crippen molar-refractivity contribution in [2.75, 3.05) is 11.9 Å². The van der Waals surface area contributed by atoms with Gasteiger partial charge in [0.25, 0.3) is 0 Å². The van der Waals surface area contributed by atoms with Gasteiger partial charge in [-0.05, 0) is 23.9 Å². The van der Waals surface area contributed by atoms with Crippen molar-refractivity contribution in [1.82, 2.24) is 5.32 Å². The summed E-state index contributed by atoms with van der Waals surface area (Å²) in [6.07, 6.45) is -4.70. The molecule has 1 aromatic rings. The van der Waals surface area contributed by atoms with Crippen molar-refractivity contribution in [1.29, 1.82) is 0 Å². The van der Waals surface area contributed by atoms with E-state index in [1.807, 2.05) is 0 Å². The van der Waals surface area contributed by atoms with Gasteiger partial charge < -0.3 is 0 Å². The van der Waals surface area contributed by atoms with Crippen molar-refractivity contribution in [3.63, 3.8) is 0 Å². The van der Waals surface area contributed by atoms with Crippen molar-refractivity contribution in [2.24, 2.45) is 0 Å². The molecule has 0 fully saturated rings. The molecule has 0 spiro atoms. The minimum absolute atomic E-state index is 0.467. The summed E-state index contributed by atoms with van der Waals surface area (Å²) < 4.78 is 35.5. The normalized spacial score (nSPS) is 11.3. The van der Waals surface area contributed by atoms with Crippen LogP contribution in [-0.2, 0) is 0 Å². The molecular weight excluding hydrogens is 229 g/mol. The maximum Gasteiger partial charge on any atom is 0.485 e. The zero-order valence-electron chi connectivity index (χ0n) is 8.05. The molecule has 0 unspecified atom stereocenters. The highest BCUT2D eigenvalue weighted by Crippen LogP contribution is 2.23. The number of halogens is 3. The number of carbonyl (C=O) groups excluding carboxylic acids is 1. The second kappa shape index (κ2) is 4.09. The molecule has 2 amide bonds. The Morgan fingerprint density at radius 2 is 2.13 bits per heavy atom. The summed E-state index contributed by atoms with van der Waals surface area (Å²) in [5.41, 5.74) is 0.904. The predicted octanol–water partition coefficient (Wildman–Crippen LogP) is 2.72. The lowest BCUT2D eigenvalue weighted by Gasteiger charge is -2.17. The number of alkyl halides is 3. The molecule has 0 saturated heterocycles. The third-order valence-electron chi connectivity index (χ3n) is 1.60. The fourth-order valence-electron chi connectivity index (χ4n) is 0.897. The van der Waals surface area contributed by atoms with Gasteiger partial charge in [0.05, 0.1) is 5.00 Å². The average molecular weight is 238 g/mol. The monoisotopic (exact) mass is 238 g/mol. The number of nitrogens with zero attached hydrogens (tertiary/aromatic N) is 1. The van der Waals surface area contributed by atoms with Gasteiger partial charge in [-0.15, -0.1) is 11.3 Å². The van der Waals surface area contributed by atoms with Crippen LogP contribution in [0.4, 0.5) is 23.0 Å². The van der Waals surface area contributed by atoms with Gasteiger partial charge in [-0.25, -0.2) is 10.1 Å². The number of anilines is 1. The molecule has 0 radical (unpaired) electrons. The Bertz CT molecular complexity index is 361. The fourth-order valence-corrected chi connectivity index (χ4v) is 1.77. The van der Waals surface area contributed by atoms with E-state index in [9.17, 15) is 18.0 Å². The summed E-state index contributed by atoms with van der Waals surface area (Å²) in [5, 5.41) is 3.14. The van der Waals surface area contributed by atoms with Crippen LogP contribution in [0.5, 0.6) is 0 Å². The number of urea groups is 1. The van der Waals surface area contributed by atoms with Crippen molar-refractivity contribution in [3.05, 3.63) is 17.0 Å². The molecule has 1 N–H and O–H groups in total. The van der Waals surface area contributed by atoms with Crippen molar-refractivity contribution < 1.29 is 18.0 Å². The van der Waals surface area contributed by atoms with Crippen LogP contribution in [0, 0.1) is 6.92 Å². The second-order valence-electron chi connectivity index (χ2n) is 2.95. The smallest absolute Gasteiger partial charge is 0.288 e. The van der Waals surface area contributed by atoms with E-state index in [2.05, 4.69) is 0 Å². The highest BCUT2D eigenvalue weighted by molar-refractivity contribution is 7.14. The van der Waals surface area contributed by atoms with Gasteiger partial charge in [0.1, 0.15) is 0 Å². The predicted molar refractivity (Wildman–Crippen MR) is 52.0 cm³/mol. The minimum atomic E-state index is -4.70. The van der Waals surface area contributed by atoms with Crippen LogP contribution in [0.3, 0.4) is 0 Å². The molecule has 3 nitrogen and oxygen atoms in total. The van der Waals surface area contributed by atoms with Gasteiger partial charge in [-0.3, -0.25) is 4.90 Å². The first-order chi connectivity index (χ1) is 6.79. The summed E-state index contributed by atoms with van der Waals surface area (Å²) in [6, 6.07) is 0.449. The van der Waals surface area contributed by atoms with E-state index in [1.165, 1.54) is 18.4 Å². The number of hydrogen-bond acceptors (Lipinski definition) is 2. The molecule has 84 valence electrons. The number of thiophene rings is 1. The number of amides is 2. The molecule has 0 atom stereocenters. The van der Waals surface area contributed by atoms with E-state index in [4.69, 9.17) is 0 Å². The number of carbonyl (C=O) groups is 1. The van der Waals surface area contributed by atoms with Crippen molar-refractivity contribution in [3.8, 4) is 0 Å². The van der Waals surface area contributed by atoms with Gasteiger partial charge >= 0.3 is 12.3 Å². The molecule has 0 aliphatic heterocycles. The third kappa shape index (κ3) is 3.43. The van der Waals surface area contributed by atoms with Gasteiger partial charge in [-0.1, -0.05) is 0 Å². The lowest BCUT2D eigenvalue weighted by molar-refractivity contribution is -0.145. The van der Waals surface area contributed by atoms with E-state index in [1.54, 1.807) is 18.4 Å². The highest BCUT2D eigenvalue weighted by Gasteiger charge is 2.31. The van der Waals surface area contributed by atoms with Crippen LogP contribution < -0.4 is 10.2 Å². The maximum atomic E-state index is 11.8. The number of rotatable bonds is 1. The molecule has 0 bridgehead atoms. The van der Waals surface area contributed by atoms with Gasteiger partial charge in [-0.2, -0.15) is 13.2 Å². The van der Waals surface area contributed by atoms with E-state index in [0.29, 0.717) is 5.00 Å². The minimum Gasteiger partial charge on any atom is -0.288 e. The summed E-state index contributed by atoms with van der Waals surface area (Å²) in [4.78, 5) is 12.0. The van der Waals surface area contributed by atoms with E-state index in [0.717, 1.165) is 15.8 Å². The van der Waals surface area contributed by atoms with E-state index < -0.39 is 12.3 Å². The lowest BCUT2D eigenvalue weighted by Crippen LogP contribution is -2.44. The van der Waals surface area contributed by atoms with Gasteiger partial charge in [0, 0.05) is 7.05 Å². The van der Waals surface area contributed by atoms with Crippen molar-refractivity contribution in [2.45, 2.75) is 13.2 Å². The quantitative estimate of drug-likeness (QED) is 0.749. The Kier molecular flexibility index (Phi) is 3.23. The topological polar surface area (TPSA) is 32.3 Å². The third-order valence-corrected chi connectivity index (χ3v) is 2.72. The molecule has 0 aromatic carbocycles. The summed E-state index contributed by atoms with van der Waals surface area (Å²) in [5.74, 6) is 0. The Morgan fingerprint density at radius 3 is 2.53 bits per heavy atom. The second-order valence-corrected chi connectivity index (χ2v) is 3.84. The van der Waals surface area contributed by atoms with E-state index >= 15 is 0 Å². The Morgan fingerprint density at radius 1 is 1.53 bits per heavy atom. The molecule has 0 saturated carbocycles. The van der Waals surface area contributed by atoms with Crippen LogP contribution in [-0.4, -0.2) is 19.4 Å². The first kappa shape index (κ1) is 11.8. The first-order valence-electron chi connectivity index (χ1n) is 3.97. The largest absolute Gasteiger partial charge is 0.485 e. The molecule has 1 heterocycles. The Balaban J connectivity index is 2.69. The maximum absolute atomic E-state index is 11.8. The zero-order chi connectivity index (χ0) is 11.6. The SMILES string of the molecule is Cc1csc(N(C)C(=O)NC(F)(F)F)c1. The summed E-state index contributed by atoms with van der Waals surface area (Å²) >= 11 is 1.21. The van der Waals surface area contributed by atoms with Crippen LogP contribution >= 0.6 is 11.3 Å². The molecule has 0 aliphatic rings. The Hall–Kier alpha value is -1.24. The standard InChI is InChI=1S/C8H9F3N2OS/c1-5-3-6(15-4-5)13(2)7(14)12-8(9,10)11/h3-4H,1-2H3,(H,12,14). The van der Waals surface area contributed by atoms with Crippen LogP contribution in [0.15, 0.2) is 11.4 Å². The van der Waals surface area contributed by atoms with E-state index in [-0.39, 0.29) is 0 Å². The number of nitrogens with one attached hydrogen (secondary N) is 1. The summed E-state index contributed by atoms with van der Waals surface area (Å²) in [7, 11) is 1.28. The van der Waals surface area contributed by atoms with Gasteiger partial charge in [0.2, 0.25) is 0 Å². The summed E-state index contributed by atoms with van der Waals surface area (Å²) in [6.45, 7) is 1.80. The highest BCUT2D eigenvalue weighted by atomic mass is 32.1. The number of hydrogen-bond donors (Lipinski definition) is 1. The molecular formula is C8H9F3N2OS. The van der Waals surface area contributed by atoms with Gasteiger partial charge in [0.15, 0.2) is 0 Å². The molecule has 7 heteroatoms. The van der Waals surface area contributed by atoms with Crippen LogP contribution in [0.1, 0.15) is 5.56 Å². The van der Waals surface area contributed by atoms with Crippen molar-refractivity contribution >= 4 is 22.4 Å². The molecule has 1 rings (SSSR count). The number of aryl methyl sites for hydroxylation is 1.